The largest absolute Gasteiger partial charge is 0.491 e. The molecule has 19 heavy (non-hydrogen) atoms. The van der Waals surface area contributed by atoms with Gasteiger partial charge < -0.3 is 4.74 Å². The Kier molecular flexibility index (Phi) is 3.67. The molecule has 0 amide bonds. The number of ether oxygens (including phenoxy) is 1. The summed E-state index contributed by atoms with van der Waals surface area (Å²) in [7, 11) is 0. The second-order valence-electron chi connectivity index (χ2n) is 4.43. The van der Waals surface area contributed by atoms with Crippen molar-refractivity contribution in [1.29, 1.82) is 0 Å². The van der Waals surface area contributed by atoms with Crippen LogP contribution in [0.4, 0.5) is 4.39 Å². The maximum absolute atomic E-state index is 12.9. The zero-order valence-corrected chi connectivity index (χ0v) is 11.7. The normalized spacial score (nSPS) is 17.3. The molecule has 0 fully saturated rings. The van der Waals surface area contributed by atoms with Crippen LogP contribution in [0.5, 0.6) is 5.75 Å². The van der Waals surface area contributed by atoms with Gasteiger partial charge in [-0.15, -0.1) is 11.8 Å². The summed E-state index contributed by atoms with van der Waals surface area (Å²) in [4.78, 5) is 1.32. The van der Waals surface area contributed by atoms with Crippen molar-refractivity contribution in [2.24, 2.45) is 0 Å². The van der Waals surface area contributed by atoms with E-state index in [1.807, 2.05) is 23.9 Å². The van der Waals surface area contributed by atoms with Crippen molar-refractivity contribution < 1.29 is 9.13 Å². The molecule has 0 N–H and O–H groups in total. The van der Waals surface area contributed by atoms with E-state index in [1.165, 1.54) is 22.6 Å². The van der Waals surface area contributed by atoms with E-state index in [1.54, 1.807) is 6.07 Å². The molecule has 0 radical (unpaired) electrons. The van der Waals surface area contributed by atoms with Crippen LogP contribution in [0.15, 0.2) is 47.4 Å². The lowest BCUT2D eigenvalue weighted by Gasteiger charge is -2.13. The molecule has 0 aromatic heterocycles. The molecule has 0 aliphatic carbocycles. The van der Waals surface area contributed by atoms with Crippen LogP contribution in [0, 0.1) is 5.82 Å². The summed E-state index contributed by atoms with van der Waals surface area (Å²) in [5, 5.41) is 0.318. The van der Waals surface area contributed by atoms with Crippen molar-refractivity contribution in [2.45, 2.75) is 10.8 Å². The lowest BCUT2D eigenvalue weighted by Crippen LogP contribution is -2.10. The molecule has 0 spiro atoms. The van der Waals surface area contributed by atoms with Crippen LogP contribution in [-0.4, -0.2) is 12.4 Å². The zero-order valence-electron chi connectivity index (χ0n) is 10.1. The first-order chi connectivity index (χ1) is 9.24. The lowest BCUT2D eigenvalue weighted by molar-refractivity contribution is 0.298. The van der Waals surface area contributed by atoms with Crippen molar-refractivity contribution in [3.8, 4) is 5.75 Å². The summed E-state index contributed by atoms with van der Waals surface area (Å²) in [5.41, 5.74) is 1.32. The molecule has 0 bridgehead atoms. The second-order valence-corrected chi connectivity index (χ2v) is 5.90. The number of halogens is 2. The Bertz CT molecular complexity index is 602. The van der Waals surface area contributed by atoms with Crippen LogP contribution in [0.1, 0.15) is 11.5 Å². The van der Waals surface area contributed by atoms with E-state index in [-0.39, 0.29) is 5.82 Å². The number of hydrogen-bond donors (Lipinski definition) is 0. The maximum atomic E-state index is 12.9. The molecule has 3 rings (SSSR count). The minimum absolute atomic E-state index is 0.318. The molecule has 1 heterocycles. The van der Waals surface area contributed by atoms with E-state index in [4.69, 9.17) is 16.3 Å². The fraction of sp³-hybridized carbons (Fsp3) is 0.200. The number of thioether (sulfide) groups is 1. The molecular formula is C15H12ClFOS. The number of hydrogen-bond acceptors (Lipinski definition) is 2. The van der Waals surface area contributed by atoms with E-state index in [0.717, 1.165) is 5.75 Å². The van der Waals surface area contributed by atoms with Gasteiger partial charge in [0.25, 0.3) is 0 Å². The quantitative estimate of drug-likeness (QED) is 0.808. The van der Waals surface area contributed by atoms with Crippen molar-refractivity contribution in [3.05, 3.63) is 58.9 Å². The number of rotatable bonds is 3. The lowest BCUT2D eigenvalue weighted by atomic mass is 10.0. The summed E-state index contributed by atoms with van der Waals surface area (Å²) in [5.74, 6) is 1.57. The van der Waals surface area contributed by atoms with Gasteiger partial charge in [0.2, 0.25) is 0 Å². The van der Waals surface area contributed by atoms with Gasteiger partial charge in [0.1, 0.15) is 11.6 Å². The van der Waals surface area contributed by atoms with Gasteiger partial charge >= 0.3 is 0 Å². The average molecular weight is 295 g/mol. The molecule has 2 aromatic carbocycles. The van der Waals surface area contributed by atoms with Gasteiger partial charge in [0.05, 0.1) is 11.6 Å². The Morgan fingerprint density at radius 2 is 2.11 bits per heavy atom. The molecule has 1 atom stereocenters. The zero-order chi connectivity index (χ0) is 13.2. The van der Waals surface area contributed by atoms with Gasteiger partial charge in [0, 0.05) is 16.6 Å². The second kappa shape index (κ2) is 5.43. The van der Waals surface area contributed by atoms with Gasteiger partial charge in [0.15, 0.2) is 0 Å². The van der Waals surface area contributed by atoms with Gasteiger partial charge in [-0.05, 0) is 29.8 Å². The third-order valence-electron chi connectivity index (χ3n) is 3.13. The Labute approximate surface area is 120 Å². The highest BCUT2D eigenvalue weighted by Gasteiger charge is 2.23. The first kappa shape index (κ1) is 12.8. The molecule has 1 nitrogen and oxygen atoms in total. The summed E-state index contributed by atoms with van der Waals surface area (Å²) in [6, 6.07) is 12.6. The minimum atomic E-state index is -0.348. The van der Waals surface area contributed by atoms with Crippen molar-refractivity contribution in [1.82, 2.24) is 0 Å². The SMILES string of the molecule is Fc1ccc(OCC2CSc3ccccc32)c(Cl)c1. The Morgan fingerprint density at radius 3 is 2.95 bits per heavy atom. The van der Waals surface area contributed by atoms with E-state index in [9.17, 15) is 4.39 Å². The standard InChI is InChI=1S/C15H12ClFOS/c16-13-7-11(17)5-6-14(13)18-8-10-9-19-15-4-2-1-3-12(10)15/h1-7,10H,8-9H2. The molecule has 1 unspecified atom stereocenters. The topological polar surface area (TPSA) is 9.23 Å². The predicted octanol–water partition coefficient (Wildman–Crippen LogP) is 4.75. The molecule has 4 heteroatoms. The fourth-order valence-electron chi connectivity index (χ4n) is 2.15. The first-order valence-corrected chi connectivity index (χ1v) is 7.40. The monoisotopic (exact) mass is 294 g/mol. The van der Waals surface area contributed by atoms with E-state index in [0.29, 0.717) is 23.3 Å². The maximum Gasteiger partial charge on any atom is 0.138 e. The Morgan fingerprint density at radius 1 is 1.26 bits per heavy atom. The molecule has 0 saturated heterocycles. The highest BCUT2D eigenvalue weighted by Crippen LogP contribution is 2.39. The highest BCUT2D eigenvalue weighted by atomic mass is 35.5. The van der Waals surface area contributed by atoms with Crippen LogP contribution in [0.2, 0.25) is 5.02 Å². The summed E-state index contributed by atoms with van der Waals surface area (Å²) in [6.45, 7) is 0.565. The van der Waals surface area contributed by atoms with Crippen LogP contribution < -0.4 is 4.74 Å². The van der Waals surface area contributed by atoms with Crippen molar-refractivity contribution in [2.75, 3.05) is 12.4 Å². The molecule has 98 valence electrons. The van der Waals surface area contributed by atoms with Gasteiger partial charge in [-0.2, -0.15) is 0 Å². The number of benzene rings is 2. The first-order valence-electron chi connectivity index (χ1n) is 6.03. The van der Waals surface area contributed by atoms with Crippen LogP contribution in [0.25, 0.3) is 0 Å². The van der Waals surface area contributed by atoms with E-state index in [2.05, 4.69) is 12.1 Å². The smallest absolute Gasteiger partial charge is 0.138 e. The van der Waals surface area contributed by atoms with E-state index < -0.39 is 0 Å². The van der Waals surface area contributed by atoms with Gasteiger partial charge in [-0.3, -0.25) is 0 Å². The average Bonchev–Trinajstić information content (AvgIpc) is 2.81. The molecular weight excluding hydrogens is 283 g/mol. The third-order valence-corrected chi connectivity index (χ3v) is 4.68. The van der Waals surface area contributed by atoms with Gasteiger partial charge in [-0.25, -0.2) is 4.39 Å². The predicted molar refractivity (Wildman–Crippen MR) is 76.8 cm³/mol. The van der Waals surface area contributed by atoms with Crippen LogP contribution >= 0.6 is 23.4 Å². The van der Waals surface area contributed by atoms with Crippen molar-refractivity contribution >= 4 is 23.4 Å². The molecule has 2 aromatic rings. The van der Waals surface area contributed by atoms with Crippen molar-refractivity contribution in [3.63, 3.8) is 0 Å². The third kappa shape index (κ3) is 2.72. The molecule has 1 aliphatic heterocycles. The fourth-order valence-corrected chi connectivity index (χ4v) is 3.60. The Balaban J connectivity index is 1.71. The van der Waals surface area contributed by atoms with Crippen LogP contribution in [-0.2, 0) is 0 Å². The van der Waals surface area contributed by atoms with Gasteiger partial charge in [-0.1, -0.05) is 29.8 Å². The summed E-state index contributed by atoms with van der Waals surface area (Å²) >= 11 is 7.79. The van der Waals surface area contributed by atoms with E-state index >= 15 is 0 Å². The molecule has 0 saturated carbocycles. The summed E-state index contributed by atoms with van der Waals surface area (Å²) in [6.07, 6.45) is 0. The number of fused-ring (bicyclic) bond motifs is 1. The summed E-state index contributed by atoms with van der Waals surface area (Å²) < 4.78 is 18.7. The minimum Gasteiger partial charge on any atom is -0.491 e. The van der Waals surface area contributed by atoms with Crippen LogP contribution in [0.3, 0.4) is 0 Å². The highest BCUT2D eigenvalue weighted by molar-refractivity contribution is 7.99. The Hall–Kier alpha value is -1.19. The molecule has 1 aliphatic rings.